The van der Waals surface area contributed by atoms with Gasteiger partial charge >= 0.3 is 0 Å². The van der Waals surface area contributed by atoms with Gasteiger partial charge in [0.05, 0.1) is 5.69 Å². The summed E-state index contributed by atoms with van der Waals surface area (Å²) in [7, 11) is 1.66. The fraction of sp³-hybridized carbons (Fsp3) is 0.692. The zero-order valence-corrected chi connectivity index (χ0v) is 21.2. The number of rotatable bonds is 9. The van der Waals surface area contributed by atoms with E-state index in [2.05, 4.69) is 26.1 Å². The van der Waals surface area contributed by atoms with E-state index in [4.69, 9.17) is 9.47 Å². The van der Waals surface area contributed by atoms with E-state index in [1.165, 1.54) is 0 Å². The maximum Gasteiger partial charge on any atom is 0.270 e. The van der Waals surface area contributed by atoms with Crippen LogP contribution in [0.5, 0.6) is 5.75 Å². The van der Waals surface area contributed by atoms with Crippen LogP contribution in [0.15, 0.2) is 12.1 Å². The molecule has 0 unspecified atom stereocenters. The number of hydrogen-bond donors (Lipinski definition) is 1. The first kappa shape index (κ1) is 25.5. The SMILES string of the molecule is CCCc1cc2c(cc1C(=O)N(C(C)C)[C@@H]1CCCNC1)N(CCCOC)C(=O)C(C)(C)O2. The minimum absolute atomic E-state index is 0.0408. The zero-order valence-electron chi connectivity index (χ0n) is 21.2. The van der Waals surface area contributed by atoms with Crippen LogP contribution in [-0.2, 0) is 16.0 Å². The Hall–Kier alpha value is -2.12. The molecule has 0 radical (unpaired) electrons. The molecule has 2 heterocycles. The van der Waals surface area contributed by atoms with Gasteiger partial charge in [0.25, 0.3) is 11.8 Å². The molecule has 0 spiro atoms. The molecule has 2 amide bonds. The number of nitrogens with one attached hydrogen (secondary N) is 1. The van der Waals surface area contributed by atoms with Crippen molar-refractivity contribution in [2.75, 3.05) is 38.3 Å². The molecule has 0 aliphatic carbocycles. The number of anilines is 1. The van der Waals surface area contributed by atoms with Gasteiger partial charge in [-0.15, -0.1) is 0 Å². The van der Waals surface area contributed by atoms with E-state index in [1.54, 1.807) is 25.9 Å². The minimum atomic E-state index is -0.952. The first-order valence-electron chi connectivity index (χ1n) is 12.4. The number of methoxy groups -OCH3 is 1. The molecule has 2 aliphatic rings. The topological polar surface area (TPSA) is 71.1 Å². The first-order valence-corrected chi connectivity index (χ1v) is 12.4. The standard InChI is InChI=1S/C26H41N3O4/c1-7-10-19-15-23-22(28(13-9-14-32-6)25(31)26(4,5)33-23)16-21(19)24(30)29(18(2)3)20-11-8-12-27-17-20/h15-16,18,20,27H,7-14,17H2,1-6H3/t20-/m1/s1. The Morgan fingerprint density at radius 2 is 2.12 bits per heavy atom. The molecule has 7 nitrogen and oxygen atoms in total. The van der Waals surface area contributed by atoms with Gasteiger partial charge in [-0.3, -0.25) is 9.59 Å². The zero-order chi connectivity index (χ0) is 24.2. The lowest BCUT2D eigenvalue weighted by Gasteiger charge is -2.40. The number of hydrogen-bond acceptors (Lipinski definition) is 5. The van der Waals surface area contributed by atoms with Gasteiger partial charge in [0.15, 0.2) is 5.60 Å². The summed E-state index contributed by atoms with van der Waals surface area (Å²) in [6.45, 7) is 12.8. The number of fused-ring (bicyclic) bond motifs is 1. The third-order valence-electron chi connectivity index (χ3n) is 6.54. The molecule has 7 heteroatoms. The van der Waals surface area contributed by atoms with Crippen molar-refractivity contribution in [3.63, 3.8) is 0 Å². The Morgan fingerprint density at radius 1 is 1.36 bits per heavy atom. The first-order chi connectivity index (χ1) is 15.7. The molecule has 1 atom stereocenters. The summed E-state index contributed by atoms with van der Waals surface area (Å²) < 4.78 is 11.4. The van der Waals surface area contributed by atoms with Crippen LogP contribution >= 0.6 is 0 Å². The second-order valence-electron chi connectivity index (χ2n) is 9.95. The lowest BCUT2D eigenvalue weighted by molar-refractivity contribution is -0.132. The molecule has 0 saturated carbocycles. The summed E-state index contributed by atoms with van der Waals surface area (Å²) in [4.78, 5) is 31.0. The number of carbonyl (C=O) groups excluding carboxylic acids is 2. The van der Waals surface area contributed by atoms with Crippen molar-refractivity contribution in [2.24, 2.45) is 0 Å². The van der Waals surface area contributed by atoms with Gasteiger partial charge in [0, 0.05) is 44.5 Å². The fourth-order valence-electron chi connectivity index (χ4n) is 4.95. The normalized spacial score (nSPS) is 19.9. The quantitative estimate of drug-likeness (QED) is 0.569. The van der Waals surface area contributed by atoms with Crippen molar-refractivity contribution in [1.29, 1.82) is 0 Å². The number of aryl methyl sites for hydroxylation is 1. The number of benzene rings is 1. The van der Waals surface area contributed by atoms with E-state index in [-0.39, 0.29) is 23.9 Å². The van der Waals surface area contributed by atoms with Crippen molar-refractivity contribution in [1.82, 2.24) is 10.2 Å². The molecule has 1 aromatic carbocycles. The number of carbonyl (C=O) groups is 2. The predicted molar refractivity (Wildman–Crippen MR) is 131 cm³/mol. The van der Waals surface area contributed by atoms with Crippen molar-refractivity contribution >= 4 is 17.5 Å². The van der Waals surface area contributed by atoms with Crippen molar-refractivity contribution in [3.05, 3.63) is 23.3 Å². The summed E-state index contributed by atoms with van der Waals surface area (Å²) in [5, 5.41) is 3.44. The lowest BCUT2D eigenvalue weighted by atomic mass is 9.95. The molecular formula is C26H41N3O4. The molecule has 184 valence electrons. The summed E-state index contributed by atoms with van der Waals surface area (Å²) >= 11 is 0. The number of ether oxygens (including phenoxy) is 2. The average Bonchev–Trinajstić information content (AvgIpc) is 2.77. The molecule has 0 aromatic heterocycles. The maximum absolute atomic E-state index is 14.0. The van der Waals surface area contributed by atoms with Gasteiger partial charge in [0.2, 0.25) is 0 Å². The molecule has 1 N–H and O–H groups in total. The van der Waals surface area contributed by atoms with Crippen molar-refractivity contribution in [2.45, 2.75) is 84.4 Å². The molecule has 33 heavy (non-hydrogen) atoms. The summed E-state index contributed by atoms with van der Waals surface area (Å²) in [5.74, 6) is 0.622. The van der Waals surface area contributed by atoms with E-state index < -0.39 is 5.60 Å². The van der Waals surface area contributed by atoms with Crippen LogP contribution in [0.2, 0.25) is 0 Å². The van der Waals surface area contributed by atoms with Gasteiger partial charge < -0.3 is 24.6 Å². The van der Waals surface area contributed by atoms with E-state index in [1.807, 2.05) is 17.0 Å². The monoisotopic (exact) mass is 459 g/mol. The van der Waals surface area contributed by atoms with Crippen LogP contribution in [0.25, 0.3) is 0 Å². The van der Waals surface area contributed by atoms with E-state index >= 15 is 0 Å². The molecule has 1 saturated heterocycles. The molecular weight excluding hydrogens is 418 g/mol. The Balaban J connectivity index is 2.06. The van der Waals surface area contributed by atoms with E-state index in [0.717, 1.165) is 44.3 Å². The highest BCUT2D eigenvalue weighted by Crippen LogP contribution is 2.40. The highest BCUT2D eigenvalue weighted by Gasteiger charge is 2.42. The van der Waals surface area contributed by atoms with Gasteiger partial charge in [0.1, 0.15) is 5.75 Å². The fourth-order valence-corrected chi connectivity index (χ4v) is 4.95. The molecule has 1 fully saturated rings. The van der Waals surface area contributed by atoms with E-state index in [9.17, 15) is 9.59 Å². The van der Waals surface area contributed by atoms with Crippen LogP contribution in [0.4, 0.5) is 5.69 Å². The number of piperidine rings is 1. The predicted octanol–water partition coefficient (Wildman–Crippen LogP) is 3.78. The second-order valence-corrected chi connectivity index (χ2v) is 9.95. The Kier molecular flexibility index (Phi) is 8.40. The van der Waals surface area contributed by atoms with Gasteiger partial charge in [-0.2, -0.15) is 0 Å². The van der Waals surface area contributed by atoms with E-state index in [0.29, 0.717) is 36.6 Å². The van der Waals surface area contributed by atoms with Gasteiger partial charge in [-0.1, -0.05) is 13.3 Å². The van der Waals surface area contributed by atoms with Crippen LogP contribution in [0.3, 0.4) is 0 Å². The smallest absolute Gasteiger partial charge is 0.270 e. The maximum atomic E-state index is 14.0. The lowest BCUT2D eigenvalue weighted by Crippen LogP contribution is -2.53. The molecule has 2 aliphatic heterocycles. The molecule has 3 rings (SSSR count). The van der Waals surface area contributed by atoms with Crippen LogP contribution in [0, 0.1) is 0 Å². The third kappa shape index (κ3) is 5.52. The summed E-state index contributed by atoms with van der Waals surface area (Å²) in [6.07, 6.45) is 4.49. The van der Waals surface area contributed by atoms with Crippen molar-refractivity contribution < 1.29 is 19.1 Å². The number of nitrogens with zero attached hydrogens (tertiary/aromatic N) is 2. The third-order valence-corrected chi connectivity index (χ3v) is 6.54. The van der Waals surface area contributed by atoms with Crippen LogP contribution in [-0.4, -0.2) is 67.7 Å². The van der Waals surface area contributed by atoms with Crippen LogP contribution in [0.1, 0.15) is 76.2 Å². The molecule has 1 aromatic rings. The van der Waals surface area contributed by atoms with Gasteiger partial charge in [-0.05, 0) is 77.6 Å². The van der Waals surface area contributed by atoms with Gasteiger partial charge in [-0.25, -0.2) is 0 Å². The molecule has 0 bridgehead atoms. The largest absolute Gasteiger partial charge is 0.476 e. The summed E-state index contributed by atoms with van der Waals surface area (Å²) in [6, 6.07) is 4.14. The Morgan fingerprint density at radius 3 is 2.73 bits per heavy atom. The van der Waals surface area contributed by atoms with Crippen molar-refractivity contribution in [3.8, 4) is 5.75 Å². The Labute approximate surface area is 198 Å². The second kappa shape index (κ2) is 10.9. The minimum Gasteiger partial charge on any atom is -0.476 e. The Bertz CT molecular complexity index is 846. The van der Waals surface area contributed by atoms with Crippen LogP contribution < -0.4 is 15.0 Å². The number of amides is 2. The highest BCUT2D eigenvalue weighted by molar-refractivity contribution is 6.05. The average molecular weight is 460 g/mol. The highest BCUT2D eigenvalue weighted by atomic mass is 16.5. The summed E-state index contributed by atoms with van der Waals surface area (Å²) in [5.41, 5.74) is 1.40.